The largest absolute Gasteiger partial charge is 0.271 e. The number of hydrogen-bond donors (Lipinski definition) is 2. The molecule has 0 heterocycles. The highest BCUT2D eigenvalue weighted by atomic mass is 32.2. The highest BCUT2D eigenvalue weighted by Gasteiger charge is 2.19. The van der Waals surface area contributed by atoms with Crippen LogP contribution in [0.1, 0.15) is 42.9 Å². The van der Waals surface area contributed by atoms with E-state index in [1.807, 2.05) is 24.8 Å². The van der Waals surface area contributed by atoms with E-state index >= 15 is 0 Å². The first kappa shape index (κ1) is 13.8. The molecule has 3 N–H and O–H groups in total. The number of nitrogens with two attached hydrogens (primary N) is 1. The number of hydrazine groups is 1. The summed E-state index contributed by atoms with van der Waals surface area (Å²) in [6.45, 7) is 2.00. The van der Waals surface area contributed by atoms with Gasteiger partial charge < -0.3 is 0 Å². The number of rotatable bonds is 5. The first-order valence-electron chi connectivity index (χ1n) is 6.54. The van der Waals surface area contributed by atoms with Crippen molar-refractivity contribution in [3.05, 3.63) is 35.1 Å². The summed E-state index contributed by atoms with van der Waals surface area (Å²) in [5.74, 6) is 6.34. The third-order valence-corrected chi connectivity index (χ3v) is 5.09. The van der Waals surface area contributed by atoms with Gasteiger partial charge in [0.1, 0.15) is 5.82 Å². The Morgan fingerprint density at radius 2 is 2.17 bits per heavy atom. The van der Waals surface area contributed by atoms with Crippen LogP contribution in [0, 0.1) is 12.7 Å². The molecule has 1 fully saturated rings. The van der Waals surface area contributed by atoms with Crippen molar-refractivity contribution in [1.82, 2.24) is 5.43 Å². The zero-order valence-electron chi connectivity index (χ0n) is 10.8. The van der Waals surface area contributed by atoms with Gasteiger partial charge in [-0.2, -0.15) is 11.8 Å². The van der Waals surface area contributed by atoms with Crippen LogP contribution in [0.5, 0.6) is 0 Å². The number of nitrogens with one attached hydrogen (secondary N) is 1. The molecule has 18 heavy (non-hydrogen) atoms. The van der Waals surface area contributed by atoms with Crippen LogP contribution in [-0.2, 0) is 0 Å². The summed E-state index contributed by atoms with van der Waals surface area (Å²) in [7, 11) is 0. The molecule has 2 nitrogen and oxygen atoms in total. The summed E-state index contributed by atoms with van der Waals surface area (Å²) in [5.41, 5.74) is 4.89. The second kappa shape index (κ2) is 6.55. The smallest absolute Gasteiger partial charge is 0.123 e. The lowest BCUT2D eigenvalue weighted by Gasteiger charge is -2.20. The number of aryl methyl sites for hydroxylation is 1. The molecule has 1 saturated carbocycles. The van der Waals surface area contributed by atoms with E-state index in [0.29, 0.717) is 0 Å². The third-order valence-electron chi connectivity index (χ3n) is 3.62. The number of halogens is 1. The Labute approximate surface area is 112 Å². The molecule has 0 aliphatic heterocycles. The van der Waals surface area contributed by atoms with Gasteiger partial charge in [0, 0.05) is 11.0 Å². The van der Waals surface area contributed by atoms with Crippen LogP contribution in [0.4, 0.5) is 4.39 Å². The Kier molecular flexibility index (Phi) is 5.03. The van der Waals surface area contributed by atoms with E-state index < -0.39 is 0 Å². The molecule has 0 spiro atoms. The van der Waals surface area contributed by atoms with Gasteiger partial charge >= 0.3 is 0 Å². The predicted octanol–water partition coefficient (Wildman–Crippen LogP) is 3.31. The van der Waals surface area contributed by atoms with Crippen molar-refractivity contribution in [2.75, 3.05) is 5.75 Å². The maximum Gasteiger partial charge on any atom is 0.123 e. The minimum absolute atomic E-state index is 0.0336. The monoisotopic (exact) mass is 268 g/mol. The second-order valence-corrected chi connectivity index (χ2v) is 6.29. The normalized spacial score (nSPS) is 18.2. The van der Waals surface area contributed by atoms with Crippen molar-refractivity contribution in [2.24, 2.45) is 5.84 Å². The molecule has 1 unspecified atom stereocenters. The summed E-state index contributed by atoms with van der Waals surface area (Å²) in [4.78, 5) is 0. The maximum absolute atomic E-state index is 13.3. The predicted molar refractivity (Wildman–Crippen MR) is 75.9 cm³/mol. The molecular formula is C14H21FN2S. The van der Waals surface area contributed by atoms with E-state index in [-0.39, 0.29) is 11.9 Å². The summed E-state index contributed by atoms with van der Waals surface area (Å²) in [6, 6.07) is 4.94. The summed E-state index contributed by atoms with van der Waals surface area (Å²) < 4.78 is 13.3. The van der Waals surface area contributed by atoms with Crippen LogP contribution in [0.3, 0.4) is 0 Å². The van der Waals surface area contributed by atoms with Crippen molar-refractivity contribution >= 4 is 11.8 Å². The van der Waals surface area contributed by atoms with Crippen LogP contribution in [0.25, 0.3) is 0 Å². The van der Waals surface area contributed by atoms with Gasteiger partial charge in [-0.1, -0.05) is 18.9 Å². The SMILES string of the molecule is Cc1ccc(F)cc1C(CSC1CCCC1)NN. The van der Waals surface area contributed by atoms with E-state index in [1.165, 1.54) is 31.7 Å². The van der Waals surface area contributed by atoms with Crippen LogP contribution < -0.4 is 11.3 Å². The van der Waals surface area contributed by atoms with Gasteiger partial charge in [-0.05, 0) is 43.0 Å². The zero-order chi connectivity index (χ0) is 13.0. The minimum atomic E-state index is -0.193. The average Bonchev–Trinajstić information content (AvgIpc) is 2.87. The van der Waals surface area contributed by atoms with Gasteiger partial charge in [0.05, 0.1) is 6.04 Å². The fourth-order valence-corrected chi connectivity index (χ4v) is 3.91. The van der Waals surface area contributed by atoms with Crippen molar-refractivity contribution in [3.63, 3.8) is 0 Å². The van der Waals surface area contributed by atoms with Crippen LogP contribution in [0.2, 0.25) is 0 Å². The highest BCUT2D eigenvalue weighted by Crippen LogP contribution is 2.32. The molecule has 1 aromatic rings. The molecule has 4 heteroatoms. The standard InChI is InChI=1S/C14H21FN2S/c1-10-6-7-11(15)8-13(10)14(17-16)9-18-12-4-2-3-5-12/h6-8,12,14,17H,2-5,9,16H2,1H3. The fraction of sp³-hybridized carbons (Fsp3) is 0.571. The summed E-state index contributed by atoms with van der Waals surface area (Å²) in [6.07, 6.45) is 5.31. The molecule has 1 aliphatic rings. The van der Waals surface area contributed by atoms with Gasteiger partial charge in [-0.3, -0.25) is 11.3 Å². The van der Waals surface area contributed by atoms with E-state index in [1.54, 1.807) is 6.07 Å². The Balaban J connectivity index is 2.00. The lowest BCUT2D eigenvalue weighted by molar-refractivity contribution is 0.587. The molecule has 0 aromatic heterocycles. The van der Waals surface area contributed by atoms with Crippen molar-refractivity contribution in [1.29, 1.82) is 0 Å². The zero-order valence-corrected chi connectivity index (χ0v) is 11.6. The summed E-state index contributed by atoms with van der Waals surface area (Å²) >= 11 is 1.96. The molecule has 1 atom stereocenters. The van der Waals surface area contributed by atoms with E-state index in [4.69, 9.17) is 5.84 Å². The van der Waals surface area contributed by atoms with Gasteiger partial charge in [0.15, 0.2) is 0 Å². The van der Waals surface area contributed by atoms with E-state index in [9.17, 15) is 4.39 Å². The summed E-state index contributed by atoms with van der Waals surface area (Å²) in [5, 5.41) is 0.759. The number of benzene rings is 1. The van der Waals surface area contributed by atoms with Gasteiger partial charge in [-0.15, -0.1) is 0 Å². The van der Waals surface area contributed by atoms with Crippen molar-refractivity contribution < 1.29 is 4.39 Å². The number of hydrogen-bond acceptors (Lipinski definition) is 3. The second-order valence-electron chi connectivity index (χ2n) is 4.96. The van der Waals surface area contributed by atoms with Gasteiger partial charge in [0.2, 0.25) is 0 Å². The lowest BCUT2D eigenvalue weighted by atomic mass is 10.0. The average molecular weight is 268 g/mol. The molecule has 100 valence electrons. The molecular weight excluding hydrogens is 247 g/mol. The van der Waals surface area contributed by atoms with Crippen molar-refractivity contribution in [3.8, 4) is 0 Å². The molecule has 1 aromatic carbocycles. The highest BCUT2D eigenvalue weighted by molar-refractivity contribution is 7.99. The fourth-order valence-electron chi connectivity index (χ4n) is 2.50. The Morgan fingerprint density at radius 1 is 1.44 bits per heavy atom. The molecule has 0 bridgehead atoms. The lowest BCUT2D eigenvalue weighted by Crippen LogP contribution is -2.30. The third kappa shape index (κ3) is 3.46. The van der Waals surface area contributed by atoms with E-state index in [2.05, 4.69) is 5.43 Å². The Bertz CT molecular complexity index is 391. The van der Waals surface area contributed by atoms with Crippen LogP contribution in [-0.4, -0.2) is 11.0 Å². The first-order valence-corrected chi connectivity index (χ1v) is 7.59. The maximum atomic E-state index is 13.3. The Morgan fingerprint density at radius 3 is 2.83 bits per heavy atom. The molecule has 0 saturated heterocycles. The van der Waals surface area contributed by atoms with Gasteiger partial charge in [-0.25, -0.2) is 4.39 Å². The number of thioether (sulfide) groups is 1. The molecule has 0 amide bonds. The van der Waals surface area contributed by atoms with Crippen LogP contribution in [0.15, 0.2) is 18.2 Å². The molecule has 1 aliphatic carbocycles. The molecule has 2 rings (SSSR count). The van der Waals surface area contributed by atoms with E-state index in [0.717, 1.165) is 22.1 Å². The Hall–Kier alpha value is -0.580. The van der Waals surface area contributed by atoms with Crippen molar-refractivity contribution in [2.45, 2.75) is 43.9 Å². The molecule has 0 radical (unpaired) electrons. The van der Waals surface area contributed by atoms with Crippen LogP contribution >= 0.6 is 11.8 Å². The van der Waals surface area contributed by atoms with Gasteiger partial charge in [0.25, 0.3) is 0 Å². The minimum Gasteiger partial charge on any atom is -0.271 e. The quantitative estimate of drug-likeness (QED) is 0.635. The topological polar surface area (TPSA) is 38.0 Å². The first-order chi connectivity index (χ1) is 8.70.